The van der Waals surface area contributed by atoms with Crippen LogP contribution in [0.4, 0.5) is 0 Å². The number of carbonyl (C=O) groups excluding carboxylic acids is 2. The summed E-state index contributed by atoms with van der Waals surface area (Å²) in [6.45, 7) is 2.08. The van der Waals surface area contributed by atoms with Crippen LogP contribution in [0.15, 0.2) is 30.3 Å². The van der Waals surface area contributed by atoms with Gasteiger partial charge in [-0.05, 0) is 6.92 Å². The fourth-order valence-corrected chi connectivity index (χ4v) is 0.534. The molecule has 0 aromatic heterocycles. The predicted octanol–water partition coefficient (Wildman–Crippen LogP) is 3.07. The molecular formula is C11H18N2O2. The first-order valence-electron chi connectivity index (χ1n) is 3.32. The maximum Gasteiger partial charge on any atom is 0.231 e. The van der Waals surface area contributed by atoms with Gasteiger partial charge in [0.25, 0.3) is 0 Å². The van der Waals surface area contributed by atoms with Gasteiger partial charge >= 0.3 is 0 Å². The van der Waals surface area contributed by atoms with Crippen molar-refractivity contribution in [1.29, 1.82) is 10.8 Å². The van der Waals surface area contributed by atoms with Crippen molar-refractivity contribution in [3.05, 3.63) is 35.9 Å². The van der Waals surface area contributed by atoms with Gasteiger partial charge in [-0.15, -0.1) is 0 Å². The molecule has 0 radical (unpaired) electrons. The van der Waals surface area contributed by atoms with Crippen LogP contribution in [0.3, 0.4) is 0 Å². The largest absolute Gasteiger partial charge is 0.231 e. The topological polar surface area (TPSA) is 81.8 Å². The zero-order valence-corrected chi connectivity index (χ0v) is 7.20. The lowest BCUT2D eigenvalue weighted by atomic mass is 10.2. The van der Waals surface area contributed by atoms with Gasteiger partial charge in [0.15, 0.2) is 0 Å². The molecule has 4 heteroatoms. The van der Waals surface area contributed by atoms with Crippen molar-refractivity contribution in [2.24, 2.45) is 0 Å². The van der Waals surface area contributed by atoms with Gasteiger partial charge in [0.2, 0.25) is 12.2 Å². The highest BCUT2D eigenvalue weighted by atomic mass is 16.1. The molecule has 0 bridgehead atoms. The zero-order chi connectivity index (χ0) is 10.5. The molecule has 0 amide bonds. The Morgan fingerprint density at radius 3 is 1.33 bits per heavy atom. The second kappa shape index (κ2) is 22.7. The number of rotatable bonds is 0. The Morgan fingerprint density at radius 1 is 0.933 bits per heavy atom. The summed E-state index contributed by atoms with van der Waals surface area (Å²) >= 11 is 0. The van der Waals surface area contributed by atoms with Crippen LogP contribution in [0.25, 0.3) is 0 Å². The number of aryl methyl sites for hydroxylation is 1. The van der Waals surface area contributed by atoms with E-state index in [9.17, 15) is 0 Å². The molecule has 0 fully saturated rings. The summed E-state index contributed by atoms with van der Waals surface area (Å²) in [7, 11) is 0. The Kier molecular flexibility index (Phi) is 34.9. The van der Waals surface area contributed by atoms with E-state index in [1.807, 2.05) is 18.2 Å². The molecule has 0 saturated carbocycles. The standard InChI is InChI=1S/C7H8.2CHNO.2CH4/c1-7-5-3-2-4-6-7;2*2-1-3;;/h2-6H,1H3;2*2H;2*1H4. The van der Waals surface area contributed by atoms with E-state index in [4.69, 9.17) is 20.4 Å². The van der Waals surface area contributed by atoms with Crippen LogP contribution >= 0.6 is 0 Å². The van der Waals surface area contributed by atoms with E-state index >= 15 is 0 Å². The molecule has 2 N–H and O–H groups in total. The van der Waals surface area contributed by atoms with Crippen LogP contribution in [0.5, 0.6) is 0 Å². The second-order valence-electron chi connectivity index (χ2n) is 1.86. The van der Waals surface area contributed by atoms with Crippen molar-refractivity contribution in [2.75, 3.05) is 0 Å². The van der Waals surface area contributed by atoms with Gasteiger partial charge < -0.3 is 0 Å². The van der Waals surface area contributed by atoms with Gasteiger partial charge in [0.05, 0.1) is 0 Å². The van der Waals surface area contributed by atoms with E-state index in [0.717, 1.165) is 12.2 Å². The highest BCUT2D eigenvalue weighted by Gasteiger charge is 1.72. The third-order valence-corrected chi connectivity index (χ3v) is 0.940. The highest BCUT2D eigenvalue weighted by molar-refractivity contribution is 5.26. The molecule has 0 aliphatic heterocycles. The summed E-state index contributed by atoms with van der Waals surface area (Å²) in [5, 5.41) is 10.8. The molecule has 0 saturated heterocycles. The van der Waals surface area contributed by atoms with Crippen molar-refractivity contribution in [3.8, 4) is 0 Å². The van der Waals surface area contributed by atoms with E-state index in [1.165, 1.54) is 5.56 Å². The van der Waals surface area contributed by atoms with Gasteiger partial charge in [-0.2, -0.15) is 0 Å². The smallest absolute Gasteiger partial charge is 0.222 e. The summed E-state index contributed by atoms with van der Waals surface area (Å²) in [5.74, 6) is 0. The normalized spacial score (nSPS) is 5.13. The van der Waals surface area contributed by atoms with Crippen LogP contribution in [-0.4, -0.2) is 12.2 Å². The molecule has 15 heavy (non-hydrogen) atoms. The lowest BCUT2D eigenvalue weighted by Crippen LogP contribution is -1.62. The maximum atomic E-state index is 8.35. The SMILES string of the molecule is C.C.Cc1ccccc1.N=C=O.N=C=O. The average molecular weight is 210 g/mol. The molecule has 84 valence electrons. The number of hydrogen-bond donors (Lipinski definition) is 2. The third-order valence-electron chi connectivity index (χ3n) is 0.940. The van der Waals surface area contributed by atoms with Crippen LogP contribution in [0.2, 0.25) is 0 Å². The minimum Gasteiger partial charge on any atom is -0.222 e. The van der Waals surface area contributed by atoms with Gasteiger partial charge in [-0.25, -0.2) is 20.4 Å². The first kappa shape index (κ1) is 23.1. The number of benzene rings is 1. The molecule has 0 heterocycles. The molecule has 1 rings (SSSR count). The van der Waals surface area contributed by atoms with Gasteiger partial charge in [-0.1, -0.05) is 50.7 Å². The van der Waals surface area contributed by atoms with Crippen molar-refractivity contribution < 1.29 is 9.59 Å². The third kappa shape index (κ3) is 33.4. The molecule has 0 unspecified atom stereocenters. The summed E-state index contributed by atoms with van der Waals surface area (Å²) in [5.41, 5.74) is 1.32. The second-order valence-corrected chi connectivity index (χ2v) is 1.86. The first-order chi connectivity index (χ1) is 6.22. The van der Waals surface area contributed by atoms with Gasteiger partial charge in [0.1, 0.15) is 0 Å². The van der Waals surface area contributed by atoms with Crippen LogP contribution in [0, 0.1) is 17.7 Å². The summed E-state index contributed by atoms with van der Waals surface area (Å²) < 4.78 is 0. The van der Waals surface area contributed by atoms with E-state index in [-0.39, 0.29) is 14.9 Å². The molecule has 1 aromatic carbocycles. The molecule has 0 spiro atoms. The van der Waals surface area contributed by atoms with E-state index in [0.29, 0.717) is 0 Å². The lowest BCUT2D eigenvalue weighted by Gasteiger charge is -1.82. The summed E-state index contributed by atoms with van der Waals surface area (Å²) in [4.78, 5) is 16.7. The Hall–Kier alpha value is -2.02. The monoisotopic (exact) mass is 210 g/mol. The molecule has 0 aliphatic carbocycles. The van der Waals surface area contributed by atoms with E-state index < -0.39 is 0 Å². The highest BCUT2D eigenvalue weighted by Crippen LogP contribution is 1.92. The van der Waals surface area contributed by atoms with Crippen molar-refractivity contribution in [1.82, 2.24) is 0 Å². The van der Waals surface area contributed by atoms with E-state index in [1.54, 1.807) is 0 Å². The van der Waals surface area contributed by atoms with Gasteiger partial charge in [-0.3, -0.25) is 0 Å². The Morgan fingerprint density at radius 2 is 1.20 bits per heavy atom. The molecule has 4 nitrogen and oxygen atoms in total. The van der Waals surface area contributed by atoms with Crippen molar-refractivity contribution in [3.63, 3.8) is 0 Å². The van der Waals surface area contributed by atoms with E-state index in [2.05, 4.69) is 19.1 Å². The van der Waals surface area contributed by atoms with Crippen LogP contribution in [0.1, 0.15) is 20.4 Å². The lowest BCUT2D eigenvalue weighted by molar-refractivity contribution is 0.562. The van der Waals surface area contributed by atoms with Gasteiger partial charge in [0, 0.05) is 0 Å². The number of isocyanates is 2. The van der Waals surface area contributed by atoms with Crippen LogP contribution < -0.4 is 0 Å². The molecule has 1 aromatic rings. The predicted molar refractivity (Wildman–Crippen MR) is 61.5 cm³/mol. The van der Waals surface area contributed by atoms with Crippen molar-refractivity contribution in [2.45, 2.75) is 21.8 Å². The fourth-order valence-electron chi connectivity index (χ4n) is 0.534. The molecular weight excluding hydrogens is 192 g/mol. The maximum absolute atomic E-state index is 8.35. The molecule has 0 aliphatic rings. The summed E-state index contributed by atoms with van der Waals surface area (Å²) in [6, 6.07) is 10.3. The quantitative estimate of drug-likeness (QED) is 0.509. The van der Waals surface area contributed by atoms with Crippen molar-refractivity contribution >= 4 is 12.2 Å². The Balaban J connectivity index is -0.0000000665. The molecule has 0 atom stereocenters. The number of hydrogen-bond acceptors (Lipinski definition) is 4. The van der Waals surface area contributed by atoms with Crippen LogP contribution in [-0.2, 0) is 9.59 Å². The minimum atomic E-state index is 0. The number of nitrogens with one attached hydrogen (secondary N) is 2. The Bertz CT molecular complexity index is 260. The Labute approximate surface area is 91.0 Å². The minimum absolute atomic E-state index is 0. The fraction of sp³-hybridized carbons (Fsp3) is 0.273. The average Bonchev–Trinajstić information content (AvgIpc) is 2.08. The summed E-state index contributed by atoms with van der Waals surface area (Å²) in [6.07, 6.45) is 1.50. The first-order valence-corrected chi connectivity index (χ1v) is 3.32. The zero-order valence-electron chi connectivity index (χ0n) is 7.20.